The van der Waals surface area contributed by atoms with Crippen LogP contribution in [0.1, 0.15) is 41.4 Å². The highest BCUT2D eigenvalue weighted by Crippen LogP contribution is 2.22. The average Bonchev–Trinajstić information content (AvgIpc) is 2.84. The number of nitrogens with two attached hydrogens (primary N) is 1. The van der Waals surface area contributed by atoms with Crippen molar-refractivity contribution >= 4 is 11.6 Å². The molecule has 33 heavy (non-hydrogen) atoms. The summed E-state index contributed by atoms with van der Waals surface area (Å²) in [4.78, 5) is 19.5. The number of ether oxygens (including phenoxy) is 2. The van der Waals surface area contributed by atoms with Crippen LogP contribution >= 0.6 is 0 Å². The standard InChI is InChI=1S/C26H36N4O3/c1-4-33-26-23(16-24(27)19(2)29-26)25(31)28-17-21-12-14-30(15-13-21)18-22(32-3)11-10-20-8-6-5-7-9-20/h5-9,11,16,21H,4,10,12-15,17-18,27H2,1-3H3,(H,28,31)/b22-11-. The van der Waals surface area contributed by atoms with Gasteiger partial charge in [0, 0.05) is 6.54 Å². The molecule has 1 aromatic heterocycles. The Labute approximate surface area is 197 Å². The number of carbonyl (C=O) groups is 1. The Morgan fingerprint density at radius 3 is 2.67 bits per heavy atom. The number of benzene rings is 1. The number of anilines is 1. The van der Waals surface area contributed by atoms with E-state index in [0.29, 0.717) is 41.9 Å². The smallest absolute Gasteiger partial charge is 0.256 e. The molecule has 1 fully saturated rings. The normalized spacial score (nSPS) is 15.3. The number of rotatable bonds is 10. The molecule has 1 saturated heterocycles. The molecule has 1 amide bonds. The number of nitrogen functional groups attached to an aromatic ring is 1. The first-order valence-electron chi connectivity index (χ1n) is 11.7. The van der Waals surface area contributed by atoms with E-state index in [1.807, 2.05) is 13.0 Å². The highest BCUT2D eigenvalue weighted by Gasteiger charge is 2.22. The van der Waals surface area contributed by atoms with Gasteiger partial charge in [0.25, 0.3) is 5.91 Å². The van der Waals surface area contributed by atoms with Crippen molar-refractivity contribution in [3.63, 3.8) is 0 Å². The summed E-state index contributed by atoms with van der Waals surface area (Å²) in [5.74, 6) is 1.59. The molecule has 1 aliphatic heterocycles. The van der Waals surface area contributed by atoms with Crippen molar-refractivity contribution in [2.75, 3.05) is 45.6 Å². The Bertz CT molecular complexity index is 938. The predicted molar refractivity (Wildman–Crippen MR) is 131 cm³/mol. The minimum atomic E-state index is -0.189. The molecule has 0 spiro atoms. The van der Waals surface area contributed by atoms with Crippen LogP contribution < -0.4 is 15.8 Å². The molecule has 0 unspecified atom stereocenters. The molecule has 0 atom stereocenters. The van der Waals surface area contributed by atoms with Gasteiger partial charge in [-0.05, 0) is 69.8 Å². The number of allylic oxidation sites excluding steroid dienone is 1. The maximum Gasteiger partial charge on any atom is 0.256 e. The number of methoxy groups -OCH3 is 1. The van der Waals surface area contributed by atoms with Gasteiger partial charge in [0.2, 0.25) is 5.88 Å². The van der Waals surface area contributed by atoms with Gasteiger partial charge in [-0.1, -0.05) is 30.3 Å². The Morgan fingerprint density at radius 1 is 1.27 bits per heavy atom. The van der Waals surface area contributed by atoms with Crippen LogP contribution in [-0.2, 0) is 11.2 Å². The Morgan fingerprint density at radius 2 is 2.00 bits per heavy atom. The summed E-state index contributed by atoms with van der Waals surface area (Å²) in [6, 6.07) is 12.0. The quantitative estimate of drug-likeness (QED) is 0.536. The Hall–Kier alpha value is -3.06. The second kappa shape index (κ2) is 12.3. The number of piperidine rings is 1. The maximum absolute atomic E-state index is 12.8. The third-order valence-electron chi connectivity index (χ3n) is 6.05. The van der Waals surface area contributed by atoms with Crippen molar-refractivity contribution in [2.24, 2.45) is 5.92 Å². The molecule has 0 radical (unpaired) electrons. The van der Waals surface area contributed by atoms with E-state index in [2.05, 4.69) is 45.5 Å². The summed E-state index contributed by atoms with van der Waals surface area (Å²) in [6.45, 7) is 7.53. The number of likely N-dealkylation sites (tertiary alicyclic amines) is 1. The molecule has 7 heteroatoms. The number of amides is 1. The number of hydrogen-bond acceptors (Lipinski definition) is 6. The summed E-state index contributed by atoms with van der Waals surface area (Å²) >= 11 is 0. The molecular formula is C26H36N4O3. The number of nitrogens with zero attached hydrogens (tertiary/aromatic N) is 2. The van der Waals surface area contributed by atoms with E-state index >= 15 is 0 Å². The topological polar surface area (TPSA) is 89.7 Å². The van der Waals surface area contributed by atoms with E-state index in [1.165, 1.54) is 5.56 Å². The zero-order chi connectivity index (χ0) is 23.6. The number of nitrogens with one attached hydrogen (secondary N) is 1. The molecule has 2 heterocycles. The molecular weight excluding hydrogens is 416 g/mol. The van der Waals surface area contributed by atoms with Gasteiger partial charge in [0.05, 0.1) is 31.6 Å². The molecule has 3 N–H and O–H groups in total. The summed E-state index contributed by atoms with van der Waals surface area (Å²) in [6.07, 6.45) is 5.10. The van der Waals surface area contributed by atoms with Crippen LogP contribution in [0.15, 0.2) is 48.2 Å². The zero-order valence-corrected chi connectivity index (χ0v) is 20.0. The van der Waals surface area contributed by atoms with Crippen LogP contribution in [0.4, 0.5) is 5.69 Å². The van der Waals surface area contributed by atoms with E-state index in [9.17, 15) is 4.79 Å². The van der Waals surface area contributed by atoms with Gasteiger partial charge in [0.1, 0.15) is 11.3 Å². The molecule has 3 rings (SSSR count). The molecule has 2 aromatic rings. The van der Waals surface area contributed by atoms with Gasteiger partial charge in [0.15, 0.2) is 0 Å². The van der Waals surface area contributed by atoms with Crippen LogP contribution in [0, 0.1) is 12.8 Å². The van der Waals surface area contributed by atoms with Crippen molar-refractivity contribution in [3.8, 4) is 5.88 Å². The van der Waals surface area contributed by atoms with Gasteiger partial charge in [-0.25, -0.2) is 4.98 Å². The molecule has 0 bridgehead atoms. The third kappa shape index (κ3) is 7.22. The van der Waals surface area contributed by atoms with Gasteiger partial charge in [-0.15, -0.1) is 0 Å². The first-order chi connectivity index (χ1) is 16.0. The van der Waals surface area contributed by atoms with Crippen LogP contribution in [-0.4, -0.2) is 55.7 Å². The zero-order valence-electron chi connectivity index (χ0n) is 20.0. The Kier molecular flexibility index (Phi) is 9.13. The molecule has 7 nitrogen and oxygen atoms in total. The third-order valence-corrected chi connectivity index (χ3v) is 6.05. The number of pyridine rings is 1. The van der Waals surface area contributed by atoms with E-state index in [0.717, 1.165) is 44.7 Å². The van der Waals surface area contributed by atoms with Gasteiger partial charge in [-0.2, -0.15) is 0 Å². The Balaban J connectivity index is 1.46. The number of aromatic nitrogens is 1. The van der Waals surface area contributed by atoms with Crippen LogP contribution in [0.25, 0.3) is 0 Å². The SMILES string of the molecule is CCOc1nc(C)c(N)cc1C(=O)NCC1CCN(C/C(=C/Cc2ccccc2)OC)CC1. The number of carbonyl (C=O) groups excluding carboxylic acids is 1. The summed E-state index contributed by atoms with van der Waals surface area (Å²) in [5.41, 5.74) is 8.79. The summed E-state index contributed by atoms with van der Waals surface area (Å²) < 4.78 is 11.2. The van der Waals surface area contributed by atoms with Gasteiger partial charge < -0.3 is 20.5 Å². The lowest BCUT2D eigenvalue weighted by atomic mass is 9.96. The van der Waals surface area contributed by atoms with E-state index in [-0.39, 0.29) is 5.91 Å². The van der Waals surface area contributed by atoms with Crippen molar-refractivity contribution in [3.05, 3.63) is 65.1 Å². The van der Waals surface area contributed by atoms with E-state index in [1.54, 1.807) is 20.1 Å². The largest absolute Gasteiger partial charge is 0.500 e. The monoisotopic (exact) mass is 452 g/mol. The van der Waals surface area contributed by atoms with Crippen LogP contribution in [0.3, 0.4) is 0 Å². The lowest BCUT2D eigenvalue weighted by Gasteiger charge is -2.32. The number of aryl methyl sites for hydroxylation is 1. The highest BCUT2D eigenvalue weighted by atomic mass is 16.5. The minimum absolute atomic E-state index is 0.189. The fourth-order valence-electron chi connectivity index (χ4n) is 3.97. The van der Waals surface area contributed by atoms with Crippen LogP contribution in [0.2, 0.25) is 0 Å². The second-order valence-corrected chi connectivity index (χ2v) is 8.44. The van der Waals surface area contributed by atoms with Crippen molar-refractivity contribution < 1.29 is 14.3 Å². The van der Waals surface area contributed by atoms with Gasteiger partial charge >= 0.3 is 0 Å². The molecule has 0 saturated carbocycles. The lowest BCUT2D eigenvalue weighted by Crippen LogP contribution is -2.39. The molecule has 178 valence electrons. The maximum atomic E-state index is 12.8. The van der Waals surface area contributed by atoms with E-state index < -0.39 is 0 Å². The predicted octanol–water partition coefficient (Wildman–Crippen LogP) is 3.59. The fraction of sp³-hybridized carbons (Fsp3) is 0.462. The van der Waals surface area contributed by atoms with Crippen LogP contribution in [0.5, 0.6) is 5.88 Å². The van der Waals surface area contributed by atoms with Gasteiger partial charge in [-0.3, -0.25) is 9.69 Å². The first kappa shape index (κ1) is 24.6. The second-order valence-electron chi connectivity index (χ2n) is 8.44. The average molecular weight is 453 g/mol. The first-order valence-corrected chi connectivity index (χ1v) is 11.7. The molecule has 1 aromatic carbocycles. The van der Waals surface area contributed by atoms with Crippen molar-refractivity contribution in [1.29, 1.82) is 0 Å². The summed E-state index contributed by atoms with van der Waals surface area (Å²) in [7, 11) is 1.74. The van der Waals surface area contributed by atoms with E-state index in [4.69, 9.17) is 15.2 Å². The van der Waals surface area contributed by atoms with Crippen molar-refractivity contribution in [2.45, 2.75) is 33.1 Å². The number of hydrogen-bond donors (Lipinski definition) is 2. The lowest BCUT2D eigenvalue weighted by molar-refractivity contribution is 0.0930. The molecule has 1 aliphatic rings. The van der Waals surface area contributed by atoms with Crippen molar-refractivity contribution in [1.82, 2.24) is 15.2 Å². The highest BCUT2D eigenvalue weighted by molar-refractivity contribution is 5.97. The minimum Gasteiger partial charge on any atom is -0.500 e. The fourth-order valence-corrected chi connectivity index (χ4v) is 3.97. The molecule has 0 aliphatic carbocycles. The summed E-state index contributed by atoms with van der Waals surface area (Å²) in [5, 5.41) is 3.05.